The van der Waals surface area contributed by atoms with Crippen LogP contribution in [0.2, 0.25) is 0 Å². The SMILES string of the molecule is CCCCC(=O)NCCCCCC(=O)NC(CS(=O)(=O)O)C(=O)NCC1CCN(c2nc(N3CCC(N)CC3)nc(N3CCC(NC(=O)C(CS(=O)(=O)O)NC(=O)CCCCCNC(=O)CCCC[C@@H]4SCC5NC(=O)NC54)CC3)n2)CC1. The first-order chi connectivity index (χ1) is 39.6. The number of hydrogen-bond donors (Lipinski definition) is 11. The normalized spacial score (nSPS) is 20.6. The molecule has 6 heterocycles. The Morgan fingerprint density at radius 1 is 0.614 bits per heavy atom. The number of rotatable bonds is 34. The molecule has 5 atom stereocenters. The van der Waals surface area contributed by atoms with Gasteiger partial charge in [-0.15, -0.1) is 0 Å². The van der Waals surface area contributed by atoms with Crippen LogP contribution in [-0.4, -0.2) is 200 Å². The molecule has 1 aromatic heterocycles. The smallest absolute Gasteiger partial charge is 0.315 e. The fourth-order valence-corrected chi connectivity index (χ4v) is 13.7. The maximum absolute atomic E-state index is 13.5. The summed E-state index contributed by atoms with van der Waals surface area (Å²) in [5.74, 6) is -2.36. The van der Waals surface area contributed by atoms with E-state index in [2.05, 4.69) is 47.4 Å². The van der Waals surface area contributed by atoms with Crippen LogP contribution < -0.4 is 63.0 Å². The van der Waals surface area contributed by atoms with E-state index in [0.717, 1.165) is 50.7 Å². The number of hydrogen-bond acceptors (Lipinski definition) is 19. The molecule has 468 valence electrons. The molecule has 0 saturated carbocycles. The summed E-state index contributed by atoms with van der Waals surface area (Å²) < 4.78 is 67.1. The van der Waals surface area contributed by atoms with Crippen molar-refractivity contribution in [1.29, 1.82) is 0 Å². The quantitative estimate of drug-likeness (QED) is 0.0250. The standard InChI is InChI=1S/C52H89N15O13S3/c1-2-3-13-42(68)54-23-10-4-6-15-44(70)58-39(33-82(75,76)77)47(72)56-31-35-17-25-65(26-18-35)49-62-50(66-27-19-36(53)20-28-66)64-51(63-49)67-29-21-37(22-30-67)57-48(73)40(34-83(78,79)80)59-45(71)16-7-5-11-24-55-43(69)14-9-8-12-41-46-38(32-81-41)60-52(74)61-46/h35-41,46H,2-34,53H2,1H3,(H,54,68)(H,55,69)(H,56,72)(H,57,73)(H,58,70)(H,59,71)(H2,60,61,74)(H,75,76,77)(H,78,79,80)/t38?,39?,40?,41-,46?/m0/s1. The molecule has 0 spiro atoms. The summed E-state index contributed by atoms with van der Waals surface area (Å²) in [5, 5.41) is 22.6. The van der Waals surface area contributed by atoms with Gasteiger partial charge in [0.2, 0.25) is 53.3 Å². The molecule has 4 unspecified atom stereocenters. The van der Waals surface area contributed by atoms with Crippen molar-refractivity contribution in [2.45, 2.75) is 183 Å². The van der Waals surface area contributed by atoms with E-state index in [9.17, 15) is 59.5 Å². The van der Waals surface area contributed by atoms with Crippen LogP contribution in [-0.2, 0) is 49.0 Å². The minimum atomic E-state index is -4.66. The van der Waals surface area contributed by atoms with Crippen molar-refractivity contribution in [1.82, 2.24) is 57.5 Å². The lowest BCUT2D eigenvalue weighted by Crippen LogP contribution is -2.54. The minimum Gasteiger partial charge on any atom is -0.356 e. The predicted octanol–water partition coefficient (Wildman–Crippen LogP) is 0.231. The fraction of sp³-hybridized carbons (Fsp3) is 0.808. The molecule has 0 bridgehead atoms. The molecule has 5 saturated heterocycles. The summed E-state index contributed by atoms with van der Waals surface area (Å²) in [6, 6.07) is -3.19. The van der Waals surface area contributed by atoms with Gasteiger partial charge in [-0.3, -0.25) is 37.9 Å². The zero-order valence-electron chi connectivity index (χ0n) is 47.8. The summed E-state index contributed by atoms with van der Waals surface area (Å²) in [5.41, 5.74) is 6.23. The molecule has 1 aromatic rings. The number of aromatic nitrogens is 3. The maximum Gasteiger partial charge on any atom is 0.315 e. The van der Waals surface area contributed by atoms with Crippen molar-refractivity contribution in [3.63, 3.8) is 0 Å². The lowest BCUT2D eigenvalue weighted by atomic mass is 9.97. The highest BCUT2D eigenvalue weighted by Crippen LogP contribution is 2.33. The first-order valence-electron chi connectivity index (χ1n) is 29.7. The first-order valence-corrected chi connectivity index (χ1v) is 33.9. The minimum absolute atomic E-state index is 0.00567. The van der Waals surface area contributed by atoms with Gasteiger partial charge in [0.25, 0.3) is 20.2 Å². The van der Waals surface area contributed by atoms with Crippen molar-refractivity contribution in [3.05, 3.63) is 0 Å². The van der Waals surface area contributed by atoms with Crippen LogP contribution in [0.4, 0.5) is 22.6 Å². The Morgan fingerprint density at radius 2 is 1.08 bits per heavy atom. The highest BCUT2D eigenvalue weighted by molar-refractivity contribution is 8.00. The zero-order chi connectivity index (χ0) is 59.9. The number of unbranched alkanes of at least 4 members (excludes halogenated alkanes) is 6. The second kappa shape index (κ2) is 33.4. The molecule has 5 fully saturated rings. The van der Waals surface area contributed by atoms with Crippen molar-refractivity contribution < 1.29 is 59.5 Å². The third kappa shape index (κ3) is 23.9. The second-order valence-corrected chi connectivity index (χ2v) is 26.8. The number of carbonyl (C=O) groups is 7. The number of anilines is 3. The number of nitrogens with one attached hydrogen (secondary N) is 8. The number of carbonyl (C=O) groups excluding carboxylic acids is 7. The lowest BCUT2D eigenvalue weighted by molar-refractivity contribution is -0.129. The summed E-state index contributed by atoms with van der Waals surface area (Å²) >= 11 is 1.84. The van der Waals surface area contributed by atoms with Crippen molar-refractivity contribution in [2.75, 3.05) is 90.9 Å². The molecule has 12 N–H and O–H groups in total. The van der Waals surface area contributed by atoms with Crippen LogP contribution in [0.15, 0.2) is 0 Å². The molecule has 28 nitrogen and oxygen atoms in total. The Labute approximate surface area is 491 Å². The Hall–Kier alpha value is -5.37. The van der Waals surface area contributed by atoms with E-state index < -0.39 is 73.5 Å². The number of nitrogens with two attached hydrogens (primary N) is 1. The Balaban J connectivity index is 0.924. The van der Waals surface area contributed by atoms with E-state index in [1.807, 2.05) is 28.5 Å². The Bertz CT molecular complexity index is 2550. The third-order valence-corrected chi connectivity index (χ3v) is 18.7. The largest absolute Gasteiger partial charge is 0.356 e. The van der Waals surface area contributed by atoms with Gasteiger partial charge in [0, 0.05) is 108 Å². The molecule has 5 aliphatic heterocycles. The number of amides is 8. The topological polar surface area (TPSA) is 399 Å². The number of fused-ring (bicyclic) bond motifs is 1. The van der Waals surface area contributed by atoms with Gasteiger partial charge in [0.15, 0.2) is 0 Å². The third-order valence-electron chi connectivity index (χ3n) is 15.7. The number of urea groups is 1. The van der Waals surface area contributed by atoms with Crippen molar-refractivity contribution in [3.8, 4) is 0 Å². The zero-order valence-corrected chi connectivity index (χ0v) is 50.3. The van der Waals surface area contributed by atoms with Crippen LogP contribution in [0, 0.1) is 5.92 Å². The summed E-state index contributed by atoms with van der Waals surface area (Å²) in [4.78, 5) is 109. The van der Waals surface area contributed by atoms with Crippen LogP contribution in [0.5, 0.6) is 0 Å². The number of nitrogens with zero attached hydrogens (tertiary/aromatic N) is 6. The molecular formula is C52H89N15O13S3. The summed E-state index contributed by atoms with van der Waals surface area (Å²) in [6.45, 7) is 6.27. The summed E-state index contributed by atoms with van der Waals surface area (Å²) in [6.07, 6.45) is 12.2. The van der Waals surface area contributed by atoms with Gasteiger partial charge in [0.1, 0.15) is 23.6 Å². The van der Waals surface area contributed by atoms with E-state index in [1.54, 1.807) is 0 Å². The van der Waals surface area contributed by atoms with E-state index in [-0.39, 0.29) is 61.3 Å². The molecule has 5 aliphatic rings. The number of piperidine rings is 3. The summed E-state index contributed by atoms with van der Waals surface area (Å²) in [7, 11) is -9.28. The molecule has 0 aliphatic carbocycles. The predicted molar refractivity (Wildman–Crippen MR) is 314 cm³/mol. The van der Waals surface area contributed by atoms with Crippen molar-refractivity contribution >= 4 is 91.3 Å². The lowest BCUT2D eigenvalue weighted by Gasteiger charge is -2.36. The molecule has 31 heteroatoms. The molecule has 0 aromatic carbocycles. The average molecular weight is 1230 g/mol. The van der Waals surface area contributed by atoms with E-state index in [4.69, 9.17) is 20.7 Å². The van der Waals surface area contributed by atoms with Crippen LogP contribution >= 0.6 is 11.8 Å². The van der Waals surface area contributed by atoms with Crippen molar-refractivity contribution in [2.24, 2.45) is 11.7 Å². The Kier molecular flexibility index (Phi) is 26.8. The molecule has 83 heavy (non-hydrogen) atoms. The fourth-order valence-electron chi connectivity index (χ4n) is 10.8. The van der Waals surface area contributed by atoms with Gasteiger partial charge >= 0.3 is 6.03 Å². The molecule has 6 rings (SSSR count). The molecule has 0 radical (unpaired) electrons. The van der Waals surface area contributed by atoms with Gasteiger partial charge in [-0.2, -0.15) is 43.5 Å². The monoisotopic (exact) mass is 1230 g/mol. The van der Waals surface area contributed by atoms with Crippen LogP contribution in [0.1, 0.15) is 142 Å². The van der Waals surface area contributed by atoms with Crippen LogP contribution in [0.25, 0.3) is 0 Å². The highest BCUT2D eigenvalue weighted by Gasteiger charge is 2.42. The number of thioether (sulfide) groups is 1. The highest BCUT2D eigenvalue weighted by atomic mass is 32.2. The molecule has 8 amide bonds. The second-order valence-electron chi connectivity index (χ2n) is 22.5. The van der Waals surface area contributed by atoms with E-state index in [1.165, 1.54) is 0 Å². The van der Waals surface area contributed by atoms with E-state index in [0.29, 0.717) is 153 Å². The first kappa shape index (κ1) is 66.8. The van der Waals surface area contributed by atoms with Gasteiger partial charge in [0.05, 0.1) is 12.1 Å². The maximum atomic E-state index is 13.5. The van der Waals surface area contributed by atoms with E-state index >= 15 is 0 Å². The van der Waals surface area contributed by atoms with Gasteiger partial charge in [-0.1, -0.05) is 32.6 Å². The Morgan fingerprint density at radius 3 is 1.60 bits per heavy atom. The van der Waals surface area contributed by atoms with Gasteiger partial charge in [-0.25, -0.2) is 4.79 Å². The van der Waals surface area contributed by atoms with Gasteiger partial charge in [-0.05, 0) is 89.4 Å². The molecular weight excluding hydrogens is 1140 g/mol. The van der Waals surface area contributed by atoms with Gasteiger partial charge < -0.3 is 63.0 Å². The average Bonchev–Trinajstić information content (AvgIpc) is 4.17. The van der Waals surface area contributed by atoms with Crippen LogP contribution in [0.3, 0.4) is 0 Å².